The van der Waals surface area contributed by atoms with Gasteiger partial charge in [0.15, 0.2) is 0 Å². The van der Waals surface area contributed by atoms with Crippen molar-refractivity contribution in [3.63, 3.8) is 0 Å². The predicted octanol–water partition coefficient (Wildman–Crippen LogP) is 4.36. The molecule has 0 bridgehead atoms. The monoisotopic (exact) mass is 350 g/mol. The number of halogens is 4. The van der Waals surface area contributed by atoms with Crippen molar-refractivity contribution in [3.05, 3.63) is 28.2 Å². The van der Waals surface area contributed by atoms with Gasteiger partial charge in [-0.1, -0.05) is 15.9 Å². The van der Waals surface area contributed by atoms with Gasteiger partial charge in [-0.3, -0.25) is 0 Å². The molecule has 1 fully saturated rings. The number of hydrogen-bond donors (Lipinski definition) is 1. The first kappa shape index (κ1) is 15.6. The van der Waals surface area contributed by atoms with Crippen molar-refractivity contribution < 1.29 is 13.2 Å². The number of piperidine rings is 1. The fourth-order valence-electron chi connectivity index (χ4n) is 2.49. The Morgan fingerprint density at radius 2 is 2.05 bits per heavy atom. The average Bonchev–Trinajstić information content (AvgIpc) is 2.35. The lowest BCUT2D eigenvalue weighted by Gasteiger charge is -2.35. The molecule has 0 aromatic heterocycles. The van der Waals surface area contributed by atoms with Gasteiger partial charge in [0.05, 0.1) is 5.56 Å². The molecule has 0 radical (unpaired) electrons. The van der Waals surface area contributed by atoms with Gasteiger partial charge >= 0.3 is 6.18 Å². The normalized spacial score (nSPS) is 24.7. The smallest absolute Gasteiger partial charge is 0.382 e. The lowest BCUT2D eigenvalue weighted by Crippen LogP contribution is -2.42. The van der Waals surface area contributed by atoms with Crippen LogP contribution in [0.2, 0.25) is 0 Å². The summed E-state index contributed by atoms with van der Waals surface area (Å²) in [4.78, 5) is 2.26. The van der Waals surface area contributed by atoms with Crippen molar-refractivity contribution in [2.75, 3.05) is 18.9 Å². The molecule has 0 aliphatic carbocycles. The first-order valence-corrected chi connectivity index (χ1v) is 7.40. The molecule has 2 rings (SSSR count). The van der Waals surface area contributed by atoms with Gasteiger partial charge < -0.3 is 10.2 Å². The average molecular weight is 351 g/mol. The van der Waals surface area contributed by atoms with E-state index in [4.69, 9.17) is 0 Å². The zero-order chi connectivity index (χ0) is 14.9. The predicted molar refractivity (Wildman–Crippen MR) is 77.9 cm³/mol. The van der Waals surface area contributed by atoms with Gasteiger partial charge in [-0.25, -0.2) is 0 Å². The quantitative estimate of drug-likeness (QED) is 0.852. The van der Waals surface area contributed by atoms with Crippen molar-refractivity contribution in [1.82, 2.24) is 4.90 Å². The van der Waals surface area contributed by atoms with Gasteiger partial charge in [0, 0.05) is 28.8 Å². The second-order valence-electron chi connectivity index (χ2n) is 5.39. The minimum Gasteiger partial charge on any atom is -0.382 e. The Hall–Kier alpha value is -0.750. The van der Waals surface area contributed by atoms with Crippen molar-refractivity contribution in [2.24, 2.45) is 0 Å². The summed E-state index contributed by atoms with van der Waals surface area (Å²) >= 11 is 2.95. The fourth-order valence-corrected chi connectivity index (χ4v) is 2.96. The zero-order valence-corrected chi connectivity index (χ0v) is 13.1. The summed E-state index contributed by atoms with van der Waals surface area (Å²) in [7, 11) is 2.07. The van der Waals surface area contributed by atoms with Crippen LogP contribution >= 0.6 is 15.9 Å². The molecule has 6 heteroatoms. The van der Waals surface area contributed by atoms with Crippen LogP contribution in [0.15, 0.2) is 22.7 Å². The second kappa shape index (κ2) is 5.93. The molecule has 112 valence electrons. The number of anilines is 1. The summed E-state index contributed by atoms with van der Waals surface area (Å²) in [5.74, 6) is 0. The van der Waals surface area contributed by atoms with E-state index in [2.05, 4.69) is 40.1 Å². The molecule has 2 atom stereocenters. The molecule has 0 spiro atoms. The first-order valence-electron chi connectivity index (χ1n) is 6.61. The molecule has 2 unspecified atom stereocenters. The van der Waals surface area contributed by atoms with Crippen LogP contribution in [0.4, 0.5) is 18.9 Å². The van der Waals surface area contributed by atoms with Crippen molar-refractivity contribution in [3.8, 4) is 0 Å². The first-order chi connectivity index (χ1) is 9.27. The van der Waals surface area contributed by atoms with E-state index in [0.717, 1.165) is 19.4 Å². The molecule has 1 aromatic carbocycles. The highest BCUT2D eigenvalue weighted by Crippen LogP contribution is 2.36. The third-order valence-electron chi connectivity index (χ3n) is 3.85. The molecule has 2 nitrogen and oxygen atoms in total. The van der Waals surface area contributed by atoms with E-state index in [-0.39, 0.29) is 10.5 Å². The fraction of sp³-hybridized carbons (Fsp3) is 0.571. The minimum atomic E-state index is -4.34. The van der Waals surface area contributed by atoms with E-state index in [0.29, 0.717) is 11.7 Å². The van der Waals surface area contributed by atoms with Crippen molar-refractivity contribution in [2.45, 2.75) is 38.0 Å². The molecule has 0 amide bonds. The van der Waals surface area contributed by atoms with Crippen LogP contribution in [0, 0.1) is 0 Å². The molecule has 1 aliphatic heterocycles. The summed E-state index contributed by atoms with van der Waals surface area (Å²) < 4.78 is 38.6. The summed E-state index contributed by atoms with van der Waals surface area (Å²) in [6.45, 7) is 3.10. The Bertz CT molecular complexity index is 476. The highest BCUT2D eigenvalue weighted by atomic mass is 79.9. The van der Waals surface area contributed by atoms with Crippen LogP contribution < -0.4 is 5.32 Å². The Morgan fingerprint density at radius 1 is 1.35 bits per heavy atom. The van der Waals surface area contributed by atoms with Crippen LogP contribution in [0.1, 0.15) is 25.3 Å². The second-order valence-corrected chi connectivity index (χ2v) is 6.24. The Labute approximate surface area is 125 Å². The van der Waals surface area contributed by atoms with E-state index in [9.17, 15) is 13.2 Å². The van der Waals surface area contributed by atoms with Crippen LogP contribution in [0.25, 0.3) is 0 Å². The van der Waals surface area contributed by atoms with E-state index < -0.39 is 11.7 Å². The number of benzene rings is 1. The largest absolute Gasteiger partial charge is 0.417 e. The van der Waals surface area contributed by atoms with E-state index >= 15 is 0 Å². The van der Waals surface area contributed by atoms with Gasteiger partial charge in [-0.2, -0.15) is 13.2 Å². The number of nitrogens with zero attached hydrogens (tertiary/aromatic N) is 1. The van der Waals surface area contributed by atoms with Crippen molar-refractivity contribution >= 4 is 21.6 Å². The van der Waals surface area contributed by atoms with Gasteiger partial charge in [0.2, 0.25) is 0 Å². The number of alkyl halides is 3. The van der Waals surface area contributed by atoms with Gasteiger partial charge in [0.1, 0.15) is 0 Å². The number of hydrogen-bond acceptors (Lipinski definition) is 2. The van der Waals surface area contributed by atoms with Gasteiger partial charge in [0.25, 0.3) is 0 Å². The minimum absolute atomic E-state index is 0.0762. The highest BCUT2D eigenvalue weighted by molar-refractivity contribution is 9.10. The summed E-state index contributed by atoms with van der Waals surface area (Å²) in [5.41, 5.74) is -0.106. The Balaban J connectivity index is 2.11. The van der Waals surface area contributed by atoms with E-state index in [1.807, 2.05) is 0 Å². The molecule has 1 aliphatic rings. The van der Waals surface area contributed by atoms with E-state index in [1.54, 1.807) is 6.07 Å². The Morgan fingerprint density at radius 3 is 2.65 bits per heavy atom. The lowest BCUT2D eigenvalue weighted by atomic mass is 9.98. The third-order valence-corrected chi connectivity index (χ3v) is 4.54. The van der Waals surface area contributed by atoms with Gasteiger partial charge in [-0.15, -0.1) is 0 Å². The maximum Gasteiger partial charge on any atom is 0.417 e. The molecule has 1 heterocycles. The van der Waals surface area contributed by atoms with Crippen LogP contribution in [0.3, 0.4) is 0 Å². The van der Waals surface area contributed by atoms with Crippen LogP contribution in [-0.2, 0) is 6.18 Å². The number of rotatable bonds is 2. The maximum atomic E-state index is 12.9. The molecular weight excluding hydrogens is 333 g/mol. The summed E-state index contributed by atoms with van der Waals surface area (Å²) in [5, 5.41) is 3.22. The van der Waals surface area contributed by atoms with E-state index in [1.165, 1.54) is 12.1 Å². The summed E-state index contributed by atoms with van der Waals surface area (Å²) in [6, 6.07) is 4.97. The van der Waals surface area contributed by atoms with Crippen molar-refractivity contribution in [1.29, 1.82) is 0 Å². The topological polar surface area (TPSA) is 15.3 Å². The SMILES string of the molecule is CC1CC(Nc2ccc(Br)c(C(F)(F)F)c2)CCN1C. The molecular formula is C14H18BrF3N2. The molecule has 1 aromatic rings. The third kappa shape index (κ3) is 3.67. The zero-order valence-electron chi connectivity index (χ0n) is 11.5. The molecule has 20 heavy (non-hydrogen) atoms. The number of nitrogens with one attached hydrogen (secondary N) is 1. The Kier molecular flexibility index (Phi) is 4.64. The lowest BCUT2D eigenvalue weighted by molar-refractivity contribution is -0.138. The van der Waals surface area contributed by atoms with Crippen LogP contribution in [0.5, 0.6) is 0 Å². The molecule has 1 saturated heterocycles. The number of likely N-dealkylation sites (tertiary alicyclic amines) is 1. The molecule has 1 N–H and O–H groups in total. The standard InChI is InChI=1S/C14H18BrF3N2/c1-9-7-11(5-6-20(9)2)19-10-3-4-13(15)12(8-10)14(16,17)18/h3-4,8-9,11,19H,5-7H2,1-2H3. The molecule has 0 saturated carbocycles. The van der Waals surface area contributed by atoms with Gasteiger partial charge in [-0.05, 0) is 45.0 Å². The highest BCUT2D eigenvalue weighted by Gasteiger charge is 2.33. The maximum absolute atomic E-state index is 12.9. The van der Waals surface area contributed by atoms with Crippen LogP contribution in [-0.4, -0.2) is 30.6 Å². The summed E-state index contributed by atoms with van der Waals surface area (Å²) in [6.07, 6.45) is -2.46.